The maximum atomic E-state index is 12.3. The van der Waals surface area contributed by atoms with Crippen molar-refractivity contribution in [3.8, 4) is 0 Å². The molecule has 0 aromatic heterocycles. The van der Waals surface area contributed by atoms with Gasteiger partial charge in [0.1, 0.15) is 0 Å². The molecule has 1 aliphatic rings. The molecule has 0 saturated carbocycles. The highest BCUT2D eigenvalue weighted by Gasteiger charge is 2.20. The van der Waals surface area contributed by atoms with Gasteiger partial charge in [0, 0.05) is 5.41 Å². The highest BCUT2D eigenvalue weighted by molar-refractivity contribution is 5.24. The predicted molar refractivity (Wildman–Crippen MR) is 52.9 cm³/mol. The smallest absolute Gasteiger partial charge is 0.0985 e. The summed E-state index contributed by atoms with van der Waals surface area (Å²) < 4.78 is 12.3. The summed E-state index contributed by atoms with van der Waals surface area (Å²) in [5.74, 6) is 0. The molecule has 1 unspecified atom stereocenters. The molecule has 0 amide bonds. The first-order valence-electron chi connectivity index (χ1n) is 4.58. The molecule has 0 saturated heterocycles. The molecule has 0 fully saturated rings. The molecule has 0 aliphatic heterocycles. The molecule has 1 heteroatoms. The zero-order valence-corrected chi connectivity index (χ0v) is 8.52. The summed E-state index contributed by atoms with van der Waals surface area (Å²) in [6.45, 7) is 7.72. The zero-order chi connectivity index (χ0) is 9.61. The fourth-order valence-electron chi connectivity index (χ4n) is 0.962. The predicted octanol–water partition coefficient (Wildman–Crippen LogP) is 3.89. The Hall–Kier alpha value is -0.590. The molecule has 1 aliphatic carbocycles. The van der Waals surface area contributed by atoms with Crippen molar-refractivity contribution in [1.29, 1.82) is 0 Å². The lowest BCUT2D eigenvalue weighted by molar-refractivity contribution is 0.296. The van der Waals surface area contributed by atoms with Gasteiger partial charge in [0.25, 0.3) is 0 Å². The van der Waals surface area contributed by atoms with Crippen molar-refractivity contribution in [3.05, 3.63) is 23.8 Å². The molecule has 70 valence electrons. The van der Waals surface area contributed by atoms with Crippen LogP contribution in [0.25, 0.3) is 0 Å². The Morgan fingerprint density at radius 1 is 1.50 bits per heavy atom. The Kier molecular flexibility index (Phi) is 4.87. The second-order valence-electron chi connectivity index (χ2n) is 3.27. The molecule has 0 bridgehead atoms. The Labute approximate surface area is 75.2 Å². The lowest BCUT2D eigenvalue weighted by Crippen LogP contribution is -2.16. The van der Waals surface area contributed by atoms with Crippen LogP contribution < -0.4 is 0 Å². The maximum Gasteiger partial charge on any atom is 0.0985 e. The Morgan fingerprint density at radius 3 is 2.42 bits per heavy atom. The van der Waals surface area contributed by atoms with E-state index in [1.807, 2.05) is 39.8 Å². The van der Waals surface area contributed by atoms with Crippen molar-refractivity contribution in [2.75, 3.05) is 6.67 Å². The fraction of sp³-hybridized carbons (Fsp3) is 0.636. The standard InChI is InChI=1S/C9H13F.C2H6/c1-8-3-5-9(2,7-10)6-4-8;1-2/h3-5H,6-7H2,1-2H3;1-2H3. The number of alkyl halides is 1. The number of halogens is 1. The fourth-order valence-corrected chi connectivity index (χ4v) is 0.962. The second-order valence-corrected chi connectivity index (χ2v) is 3.27. The third-order valence-corrected chi connectivity index (χ3v) is 1.94. The van der Waals surface area contributed by atoms with Crippen molar-refractivity contribution in [2.45, 2.75) is 34.1 Å². The largest absolute Gasteiger partial charge is 0.250 e. The van der Waals surface area contributed by atoms with Crippen LogP contribution in [0, 0.1) is 5.41 Å². The van der Waals surface area contributed by atoms with Crippen molar-refractivity contribution in [2.24, 2.45) is 5.41 Å². The minimum Gasteiger partial charge on any atom is -0.250 e. The van der Waals surface area contributed by atoms with Crippen LogP contribution in [0.5, 0.6) is 0 Å². The Bertz CT molecular complexity index is 179. The zero-order valence-electron chi connectivity index (χ0n) is 8.52. The first-order valence-corrected chi connectivity index (χ1v) is 4.58. The maximum absolute atomic E-state index is 12.3. The molecule has 0 spiro atoms. The SMILES string of the molecule is CC.CC1=CCC(C)(CF)C=C1. The van der Waals surface area contributed by atoms with Gasteiger partial charge in [-0.3, -0.25) is 4.39 Å². The van der Waals surface area contributed by atoms with Gasteiger partial charge < -0.3 is 0 Å². The molecule has 1 rings (SSSR count). The van der Waals surface area contributed by atoms with E-state index in [9.17, 15) is 4.39 Å². The van der Waals surface area contributed by atoms with Crippen LogP contribution in [0.3, 0.4) is 0 Å². The van der Waals surface area contributed by atoms with Crippen molar-refractivity contribution in [1.82, 2.24) is 0 Å². The van der Waals surface area contributed by atoms with Gasteiger partial charge >= 0.3 is 0 Å². The Morgan fingerprint density at radius 2 is 2.08 bits per heavy atom. The molecule has 0 aromatic rings. The van der Waals surface area contributed by atoms with Gasteiger partial charge in [0.15, 0.2) is 0 Å². The number of hydrogen-bond acceptors (Lipinski definition) is 0. The van der Waals surface area contributed by atoms with Crippen LogP contribution >= 0.6 is 0 Å². The van der Waals surface area contributed by atoms with E-state index in [1.165, 1.54) is 5.57 Å². The highest BCUT2D eigenvalue weighted by atomic mass is 19.1. The van der Waals surface area contributed by atoms with Gasteiger partial charge in [-0.15, -0.1) is 0 Å². The lowest BCUT2D eigenvalue weighted by Gasteiger charge is -2.23. The van der Waals surface area contributed by atoms with Crippen molar-refractivity contribution in [3.63, 3.8) is 0 Å². The van der Waals surface area contributed by atoms with Gasteiger partial charge in [-0.2, -0.15) is 0 Å². The van der Waals surface area contributed by atoms with Gasteiger partial charge in [-0.05, 0) is 13.3 Å². The first-order chi connectivity index (χ1) is 5.66. The van der Waals surface area contributed by atoms with Crippen molar-refractivity contribution < 1.29 is 4.39 Å². The van der Waals surface area contributed by atoms with E-state index in [1.54, 1.807) is 0 Å². The Balaban J connectivity index is 0.000000561. The second kappa shape index (κ2) is 5.13. The molecule has 0 N–H and O–H groups in total. The number of rotatable bonds is 1. The van der Waals surface area contributed by atoms with E-state index in [0.717, 1.165) is 6.42 Å². The summed E-state index contributed by atoms with van der Waals surface area (Å²) in [4.78, 5) is 0. The normalized spacial score (nSPS) is 27.2. The van der Waals surface area contributed by atoms with E-state index in [2.05, 4.69) is 6.08 Å². The van der Waals surface area contributed by atoms with Crippen LogP contribution in [0.2, 0.25) is 0 Å². The monoisotopic (exact) mass is 170 g/mol. The van der Waals surface area contributed by atoms with E-state index >= 15 is 0 Å². The van der Waals surface area contributed by atoms with Crippen LogP contribution in [-0.4, -0.2) is 6.67 Å². The van der Waals surface area contributed by atoms with Crippen LogP contribution in [0.4, 0.5) is 4.39 Å². The quantitative estimate of drug-likeness (QED) is 0.560. The summed E-state index contributed by atoms with van der Waals surface area (Å²) in [6.07, 6.45) is 6.87. The molecule has 0 aromatic carbocycles. The van der Waals surface area contributed by atoms with Crippen LogP contribution in [-0.2, 0) is 0 Å². The molecule has 12 heavy (non-hydrogen) atoms. The van der Waals surface area contributed by atoms with E-state index in [-0.39, 0.29) is 12.1 Å². The third-order valence-electron chi connectivity index (χ3n) is 1.94. The molecular weight excluding hydrogens is 151 g/mol. The number of allylic oxidation sites excluding steroid dienone is 4. The van der Waals surface area contributed by atoms with Gasteiger partial charge in [-0.25, -0.2) is 0 Å². The summed E-state index contributed by atoms with van der Waals surface area (Å²) in [5.41, 5.74) is 1.02. The van der Waals surface area contributed by atoms with E-state index < -0.39 is 0 Å². The van der Waals surface area contributed by atoms with E-state index in [4.69, 9.17) is 0 Å². The van der Waals surface area contributed by atoms with Gasteiger partial charge in [-0.1, -0.05) is 44.6 Å². The molecule has 0 nitrogen and oxygen atoms in total. The van der Waals surface area contributed by atoms with Crippen molar-refractivity contribution >= 4 is 0 Å². The lowest BCUT2D eigenvalue weighted by atomic mass is 9.84. The average Bonchev–Trinajstić information content (AvgIpc) is 2.14. The molecule has 0 radical (unpaired) electrons. The minimum absolute atomic E-state index is 0.223. The molecule has 1 atom stereocenters. The molecule has 0 heterocycles. The topological polar surface area (TPSA) is 0 Å². The van der Waals surface area contributed by atoms with Crippen LogP contribution in [0.15, 0.2) is 23.8 Å². The van der Waals surface area contributed by atoms with Gasteiger partial charge in [0.2, 0.25) is 0 Å². The summed E-state index contributed by atoms with van der Waals surface area (Å²) >= 11 is 0. The van der Waals surface area contributed by atoms with Gasteiger partial charge in [0.05, 0.1) is 6.67 Å². The minimum atomic E-state index is -0.257. The van der Waals surface area contributed by atoms with Crippen LogP contribution in [0.1, 0.15) is 34.1 Å². The summed E-state index contributed by atoms with van der Waals surface area (Å²) in [7, 11) is 0. The first kappa shape index (κ1) is 11.4. The summed E-state index contributed by atoms with van der Waals surface area (Å²) in [6, 6.07) is 0. The highest BCUT2D eigenvalue weighted by Crippen LogP contribution is 2.29. The third kappa shape index (κ3) is 3.21. The van der Waals surface area contributed by atoms with E-state index in [0.29, 0.717) is 0 Å². The molecular formula is C11H19F. The number of hydrogen-bond donors (Lipinski definition) is 0. The average molecular weight is 170 g/mol. The summed E-state index contributed by atoms with van der Waals surface area (Å²) in [5, 5.41) is 0.